The van der Waals surface area contributed by atoms with Gasteiger partial charge in [0, 0.05) is 0 Å². The highest BCUT2D eigenvalue weighted by Gasteiger charge is 2.35. The van der Waals surface area contributed by atoms with Gasteiger partial charge in [-0.1, -0.05) is 36.2 Å². The van der Waals surface area contributed by atoms with Crippen molar-refractivity contribution in [1.29, 1.82) is 0 Å². The van der Waals surface area contributed by atoms with E-state index < -0.39 is 0 Å². The Hall–Kier alpha value is -2.64. The second-order valence-electron chi connectivity index (χ2n) is 7.37. The molecule has 1 aliphatic rings. The van der Waals surface area contributed by atoms with E-state index in [0.29, 0.717) is 32.7 Å². The molecule has 0 radical (unpaired) electrons. The monoisotopic (exact) mass is 475 g/mol. The zero-order chi connectivity index (χ0) is 23.3. The molecule has 1 saturated heterocycles. The van der Waals surface area contributed by atoms with Crippen LogP contribution in [0.15, 0.2) is 41.3 Å². The van der Waals surface area contributed by atoms with Crippen molar-refractivity contribution in [2.45, 2.75) is 33.3 Å². The normalized spacial score (nSPS) is 15.9. The molecule has 0 N–H and O–H groups in total. The number of hydrogen-bond donors (Lipinski definition) is 0. The van der Waals surface area contributed by atoms with Crippen molar-refractivity contribution < 1.29 is 23.8 Å². The molecule has 0 saturated carbocycles. The Morgan fingerprint density at radius 1 is 1.19 bits per heavy atom. The predicted octanol–water partition coefficient (Wildman–Crippen LogP) is 5.95. The van der Waals surface area contributed by atoms with E-state index in [1.165, 1.54) is 12.0 Å². The lowest BCUT2D eigenvalue weighted by Crippen LogP contribution is -2.32. The molecule has 6 nitrogen and oxygen atoms in total. The van der Waals surface area contributed by atoms with Crippen molar-refractivity contribution in [3.8, 4) is 17.2 Å². The summed E-state index contributed by atoms with van der Waals surface area (Å²) in [5, 5.41) is 0.0465. The number of amides is 2. The molecular formula is C24H26ClNO5S. The summed E-state index contributed by atoms with van der Waals surface area (Å²) in [4.78, 5) is 26.6. The first-order chi connectivity index (χ1) is 15.3. The number of carbonyl (C=O) groups excluding carboxylic acids is 2. The van der Waals surface area contributed by atoms with Gasteiger partial charge in [0.1, 0.15) is 12.4 Å². The van der Waals surface area contributed by atoms with E-state index in [9.17, 15) is 9.59 Å². The van der Waals surface area contributed by atoms with Gasteiger partial charge in [-0.15, -0.1) is 0 Å². The number of hydrogen-bond acceptors (Lipinski definition) is 6. The van der Waals surface area contributed by atoms with Gasteiger partial charge in [-0.3, -0.25) is 14.5 Å². The number of methoxy groups -OCH3 is 1. The van der Waals surface area contributed by atoms with Gasteiger partial charge in [-0.25, -0.2) is 0 Å². The summed E-state index contributed by atoms with van der Waals surface area (Å²) in [6.45, 7) is 6.34. The minimum Gasteiger partial charge on any atom is -0.493 e. The van der Waals surface area contributed by atoms with Crippen molar-refractivity contribution in [3.05, 3.63) is 57.5 Å². The maximum atomic E-state index is 12.8. The second kappa shape index (κ2) is 10.8. The standard InChI is InChI=1S/C24H26ClNO5S/c1-5-16(3)31-22-19(25)12-17(13-20(22)29-4)14-21-23(27)26(24(28)32-21)10-11-30-18-8-6-15(2)7-9-18/h6-9,12-14,16H,5,10-11H2,1-4H3/b21-14-/t16-/m1/s1. The summed E-state index contributed by atoms with van der Waals surface area (Å²) in [5.41, 5.74) is 1.77. The largest absolute Gasteiger partial charge is 0.493 e. The highest BCUT2D eigenvalue weighted by molar-refractivity contribution is 8.18. The highest BCUT2D eigenvalue weighted by Crippen LogP contribution is 2.39. The summed E-state index contributed by atoms with van der Waals surface area (Å²) < 4.78 is 16.9. The zero-order valence-corrected chi connectivity index (χ0v) is 20.1. The van der Waals surface area contributed by atoms with Gasteiger partial charge in [0.25, 0.3) is 11.1 Å². The SMILES string of the molecule is CC[C@@H](C)Oc1c(Cl)cc(/C=C2\SC(=O)N(CCOc3ccc(C)cc3)C2=O)cc1OC. The van der Waals surface area contributed by atoms with Crippen LogP contribution in [-0.2, 0) is 4.79 Å². The number of ether oxygens (including phenoxy) is 3. The second-order valence-corrected chi connectivity index (χ2v) is 8.77. The fourth-order valence-electron chi connectivity index (χ4n) is 2.96. The number of aryl methyl sites for hydroxylation is 1. The molecule has 32 heavy (non-hydrogen) atoms. The van der Waals surface area contributed by atoms with Crippen LogP contribution < -0.4 is 14.2 Å². The van der Waals surface area contributed by atoms with E-state index in [0.717, 1.165) is 23.7 Å². The van der Waals surface area contributed by atoms with Crippen LogP contribution in [0.4, 0.5) is 4.79 Å². The third kappa shape index (κ3) is 5.78. The molecule has 0 aromatic heterocycles. The quantitative estimate of drug-likeness (QED) is 0.417. The van der Waals surface area contributed by atoms with Crippen molar-refractivity contribution in [3.63, 3.8) is 0 Å². The highest BCUT2D eigenvalue weighted by atomic mass is 35.5. The summed E-state index contributed by atoms with van der Waals surface area (Å²) in [6.07, 6.45) is 2.43. The molecule has 0 unspecified atom stereocenters. The smallest absolute Gasteiger partial charge is 0.293 e. The first kappa shape index (κ1) is 24.0. The molecule has 1 fully saturated rings. The molecule has 1 heterocycles. The van der Waals surface area contributed by atoms with Gasteiger partial charge in [-0.05, 0) is 67.9 Å². The summed E-state index contributed by atoms with van der Waals surface area (Å²) in [6, 6.07) is 11.0. The van der Waals surface area contributed by atoms with Gasteiger partial charge < -0.3 is 14.2 Å². The van der Waals surface area contributed by atoms with Crippen LogP contribution in [-0.4, -0.2) is 42.4 Å². The minimum atomic E-state index is -0.359. The number of nitrogens with zero attached hydrogens (tertiary/aromatic N) is 1. The predicted molar refractivity (Wildman–Crippen MR) is 128 cm³/mol. The Labute approximate surface area is 197 Å². The average molecular weight is 476 g/mol. The Morgan fingerprint density at radius 3 is 2.56 bits per heavy atom. The fraction of sp³-hybridized carbons (Fsp3) is 0.333. The van der Waals surface area contributed by atoms with Crippen LogP contribution in [0.25, 0.3) is 6.08 Å². The summed E-state index contributed by atoms with van der Waals surface area (Å²) >= 11 is 7.30. The third-order valence-electron chi connectivity index (χ3n) is 4.92. The molecule has 2 aromatic carbocycles. The Bertz CT molecular complexity index is 1020. The molecule has 0 spiro atoms. The summed E-state index contributed by atoms with van der Waals surface area (Å²) in [7, 11) is 1.53. The van der Waals surface area contributed by atoms with E-state index >= 15 is 0 Å². The average Bonchev–Trinajstić information content (AvgIpc) is 3.03. The van der Waals surface area contributed by atoms with Crippen molar-refractivity contribution in [1.82, 2.24) is 4.90 Å². The van der Waals surface area contributed by atoms with Gasteiger partial charge >= 0.3 is 0 Å². The lowest BCUT2D eigenvalue weighted by atomic mass is 10.1. The van der Waals surface area contributed by atoms with Gasteiger partial charge in [0.2, 0.25) is 0 Å². The topological polar surface area (TPSA) is 65.1 Å². The lowest BCUT2D eigenvalue weighted by molar-refractivity contribution is -0.123. The molecule has 170 valence electrons. The van der Waals surface area contributed by atoms with Crippen LogP contribution in [0, 0.1) is 6.92 Å². The van der Waals surface area contributed by atoms with Crippen molar-refractivity contribution >= 4 is 40.6 Å². The number of thioether (sulfide) groups is 1. The number of imide groups is 1. The van der Waals surface area contributed by atoms with Crippen molar-refractivity contribution in [2.24, 2.45) is 0 Å². The maximum Gasteiger partial charge on any atom is 0.293 e. The van der Waals surface area contributed by atoms with Crippen LogP contribution in [0.3, 0.4) is 0 Å². The summed E-state index contributed by atoms with van der Waals surface area (Å²) in [5.74, 6) is 1.26. The molecule has 2 amide bonds. The number of halogens is 1. The van der Waals surface area contributed by atoms with Gasteiger partial charge in [0.15, 0.2) is 11.5 Å². The van der Waals surface area contributed by atoms with Crippen LogP contribution in [0.2, 0.25) is 5.02 Å². The Kier molecular flexibility index (Phi) is 8.10. The van der Waals surface area contributed by atoms with Crippen molar-refractivity contribution in [2.75, 3.05) is 20.3 Å². The third-order valence-corrected chi connectivity index (χ3v) is 6.11. The molecule has 8 heteroatoms. The number of carbonyl (C=O) groups is 2. The first-order valence-electron chi connectivity index (χ1n) is 10.3. The molecule has 1 atom stereocenters. The van der Waals surface area contributed by atoms with E-state index in [-0.39, 0.29) is 30.4 Å². The fourth-order valence-corrected chi connectivity index (χ4v) is 4.08. The molecule has 2 aromatic rings. The van der Waals surface area contributed by atoms with E-state index in [1.54, 1.807) is 18.2 Å². The molecule has 1 aliphatic heterocycles. The van der Waals surface area contributed by atoms with E-state index in [1.807, 2.05) is 45.0 Å². The number of benzene rings is 2. The van der Waals surface area contributed by atoms with Crippen LogP contribution >= 0.6 is 23.4 Å². The first-order valence-corrected chi connectivity index (χ1v) is 11.5. The van der Waals surface area contributed by atoms with Gasteiger partial charge in [-0.2, -0.15) is 0 Å². The van der Waals surface area contributed by atoms with Crippen LogP contribution in [0.1, 0.15) is 31.4 Å². The minimum absolute atomic E-state index is 0.0223. The Morgan fingerprint density at radius 2 is 1.91 bits per heavy atom. The molecular weight excluding hydrogens is 450 g/mol. The maximum absolute atomic E-state index is 12.8. The lowest BCUT2D eigenvalue weighted by Gasteiger charge is -2.17. The van der Waals surface area contributed by atoms with Crippen LogP contribution in [0.5, 0.6) is 17.2 Å². The zero-order valence-electron chi connectivity index (χ0n) is 18.5. The molecule has 0 aliphatic carbocycles. The number of rotatable bonds is 9. The van der Waals surface area contributed by atoms with E-state index in [2.05, 4.69) is 0 Å². The molecule has 0 bridgehead atoms. The molecule has 3 rings (SSSR count). The Balaban J connectivity index is 1.70. The van der Waals surface area contributed by atoms with E-state index in [4.69, 9.17) is 25.8 Å². The van der Waals surface area contributed by atoms with Gasteiger partial charge in [0.05, 0.1) is 29.7 Å².